The number of benzene rings is 2. The van der Waals surface area contributed by atoms with E-state index < -0.39 is 18.0 Å². The number of halogens is 2. The first kappa shape index (κ1) is 26.3. The Labute approximate surface area is 222 Å². The Morgan fingerprint density at radius 2 is 1.78 bits per heavy atom. The number of hydrogen-bond donors (Lipinski definition) is 1. The molecule has 1 N–H and O–H groups in total. The molecule has 3 amide bonds. The van der Waals surface area contributed by atoms with Crippen LogP contribution in [0.2, 0.25) is 0 Å². The van der Waals surface area contributed by atoms with Crippen LogP contribution in [0.3, 0.4) is 0 Å². The first-order chi connectivity index (χ1) is 17.7. The molecule has 2 aromatic carbocycles. The molecule has 2 aliphatic heterocycles. The molecular weight excluding hydrogens is 547 g/mol. The van der Waals surface area contributed by atoms with E-state index in [2.05, 4.69) is 21.2 Å². The van der Waals surface area contributed by atoms with Gasteiger partial charge in [-0.3, -0.25) is 19.3 Å². The van der Waals surface area contributed by atoms with Gasteiger partial charge in [-0.25, -0.2) is 9.18 Å². The van der Waals surface area contributed by atoms with Crippen molar-refractivity contribution >= 4 is 51.0 Å². The maximum Gasteiger partial charge on any atom is 0.414 e. The second-order valence-electron chi connectivity index (χ2n) is 8.71. The van der Waals surface area contributed by atoms with Gasteiger partial charge < -0.3 is 19.9 Å². The molecule has 1 atom stereocenters. The van der Waals surface area contributed by atoms with Gasteiger partial charge >= 0.3 is 6.09 Å². The molecule has 4 rings (SSSR count). The molecule has 11 heteroatoms. The number of carbonyl (C=O) groups excluding carboxylic acids is 4. The number of allylic oxidation sites excluding steroid dienone is 1. The maximum atomic E-state index is 15.0. The van der Waals surface area contributed by atoms with Crippen LogP contribution in [0.5, 0.6) is 0 Å². The van der Waals surface area contributed by atoms with Crippen LogP contribution >= 0.6 is 15.9 Å². The molecule has 0 bridgehead atoms. The second kappa shape index (κ2) is 11.5. The lowest BCUT2D eigenvalue weighted by Gasteiger charge is -2.36. The molecule has 0 spiro atoms. The van der Waals surface area contributed by atoms with Crippen LogP contribution in [0.15, 0.2) is 59.1 Å². The fourth-order valence-electron chi connectivity index (χ4n) is 4.15. The summed E-state index contributed by atoms with van der Waals surface area (Å²) in [6.45, 7) is 3.36. The van der Waals surface area contributed by atoms with E-state index in [1.807, 2.05) is 4.90 Å². The van der Waals surface area contributed by atoms with Crippen molar-refractivity contribution in [1.82, 2.24) is 10.2 Å². The summed E-state index contributed by atoms with van der Waals surface area (Å²) in [6, 6.07) is 11.4. The monoisotopic (exact) mass is 572 g/mol. The van der Waals surface area contributed by atoms with Gasteiger partial charge in [0.25, 0.3) is 0 Å². The van der Waals surface area contributed by atoms with Crippen LogP contribution in [0.4, 0.5) is 20.6 Å². The van der Waals surface area contributed by atoms with E-state index in [-0.39, 0.29) is 30.7 Å². The number of rotatable bonds is 7. The lowest BCUT2D eigenvalue weighted by Crippen LogP contribution is -2.48. The lowest BCUT2D eigenvalue weighted by atomic mass is 10.1. The van der Waals surface area contributed by atoms with Crippen molar-refractivity contribution in [2.24, 2.45) is 0 Å². The van der Waals surface area contributed by atoms with E-state index in [1.165, 1.54) is 30.0 Å². The van der Waals surface area contributed by atoms with Gasteiger partial charge in [-0.05, 0) is 48.5 Å². The maximum absolute atomic E-state index is 15.0. The topological polar surface area (TPSA) is 99.3 Å². The van der Waals surface area contributed by atoms with Crippen molar-refractivity contribution in [3.8, 4) is 0 Å². The van der Waals surface area contributed by atoms with Crippen LogP contribution in [0.25, 0.3) is 0 Å². The van der Waals surface area contributed by atoms with Gasteiger partial charge in [0.1, 0.15) is 11.9 Å². The SMILES string of the molecule is CC(=O)NC[C@H]1CN(c2ccc(N3CCN(C(=O)/C=C/C(=O)c4ccc(Br)cc4)CC3)c(F)c2)C(=O)O1. The Kier molecular flexibility index (Phi) is 8.22. The highest BCUT2D eigenvalue weighted by atomic mass is 79.9. The van der Waals surface area contributed by atoms with Gasteiger partial charge in [0.15, 0.2) is 5.78 Å². The third-order valence-electron chi connectivity index (χ3n) is 6.13. The molecule has 194 valence electrons. The summed E-state index contributed by atoms with van der Waals surface area (Å²) < 4.78 is 21.1. The van der Waals surface area contributed by atoms with E-state index in [1.54, 1.807) is 41.3 Å². The van der Waals surface area contributed by atoms with Crippen LogP contribution in [-0.2, 0) is 14.3 Å². The lowest BCUT2D eigenvalue weighted by molar-refractivity contribution is -0.126. The highest BCUT2D eigenvalue weighted by molar-refractivity contribution is 9.10. The van der Waals surface area contributed by atoms with Gasteiger partial charge in [0.05, 0.1) is 24.5 Å². The Morgan fingerprint density at radius 3 is 2.43 bits per heavy atom. The van der Waals surface area contributed by atoms with Crippen molar-refractivity contribution < 1.29 is 28.3 Å². The molecule has 0 aliphatic carbocycles. The number of anilines is 2. The molecule has 0 radical (unpaired) electrons. The normalized spacial score (nSPS) is 17.8. The molecule has 0 unspecified atom stereocenters. The zero-order valence-corrected chi connectivity index (χ0v) is 21.7. The van der Waals surface area contributed by atoms with Crippen LogP contribution < -0.4 is 15.1 Å². The summed E-state index contributed by atoms with van der Waals surface area (Å²) in [4.78, 5) is 52.9. The standard InChI is InChI=1S/C26H26BrFN4O5/c1-17(33)29-15-21-16-32(26(36)37-21)20-6-7-23(22(28)14-20)30-10-12-31(13-11-30)25(35)9-8-24(34)18-2-4-19(27)5-3-18/h2-9,14,21H,10-13,15-16H2,1H3,(H,29,33)/b9-8+/t21-/m0/s1. The van der Waals surface area contributed by atoms with E-state index >= 15 is 4.39 Å². The number of ketones is 1. The summed E-state index contributed by atoms with van der Waals surface area (Å²) in [7, 11) is 0. The third-order valence-corrected chi connectivity index (χ3v) is 6.66. The average Bonchev–Trinajstić information content (AvgIpc) is 3.26. The van der Waals surface area contributed by atoms with Crippen LogP contribution in [-0.4, -0.2) is 74.0 Å². The molecule has 0 aromatic heterocycles. The van der Waals surface area contributed by atoms with Crippen LogP contribution in [0.1, 0.15) is 17.3 Å². The quantitative estimate of drug-likeness (QED) is 0.404. The average molecular weight is 573 g/mol. The third kappa shape index (κ3) is 6.53. The smallest absolute Gasteiger partial charge is 0.414 e. The van der Waals surface area contributed by atoms with Crippen molar-refractivity contribution in [2.45, 2.75) is 13.0 Å². The summed E-state index contributed by atoms with van der Waals surface area (Å²) >= 11 is 3.32. The minimum Gasteiger partial charge on any atom is -0.442 e. The summed E-state index contributed by atoms with van der Waals surface area (Å²) in [5.74, 6) is -1.25. The highest BCUT2D eigenvalue weighted by Gasteiger charge is 2.33. The second-order valence-corrected chi connectivity index (χ2v) is 9.62. The van der Waals surface area contributed by atoms with Gasteiger partial charge in [0.2, 0.25) is 11.8 Å². The minimum absolute atomic E-state index is 0.189. The van der Waals surface area contributed by atoms with Crippen molar-refractivity contribution in [1.29, 1.82) is 0 Å². The predicted molar refractivity (Wildman–Crippen MR) is 139 cm³/mol. The Bertz CT molecular complexity index is 1230. The molecule has 2 aliphatic rings. The predicted octanol–water partition coefficient (Wildman–Crippen LogP) is 3.14. The van der Waals surface area contributed by atoms with Crippen molar-refractivity contribution in [3.63, 3.8) is 0 Å². The van der Waals surface area contributed by atoms with Crippen molar-refractivity contribution in [3.05, 3.63) is 70.5 Å². The molecule has 0 saturated carbocycles. The van der Waals surface area contributed by atoms with Gasteiger partial charge in [0, 0.05) is 49.2 Å². The molecular formula is C26H26BrFN4O5. The summed E-state index contributed by atoms with van der Waals surface area (Å²) in [5.41, 5.74) is 1.23. The fourth-order valence-corrected chi connectivity index (χ4v) is 4.41. The molecule has 2 saturated heterocycles. The Morgan fingerprint density at radius 1 is 1.08 bits per heavy atom. The number of carbonyl (C=O) groups is 4. The summed E-state index contributed by atoms with van der Waals surface area (Å²) in [5, 5.41) is 2.60. The Balaban J connectivity index is 1.31. The molecule has 2 aromatic rings. The number of ether oxygens (including phenoxy) is 1. The number of hydrogen-bond acceptors (Lipinski definition) is 6. The first-order valence-electron chi connectivity index (χ1n) is 11.7. The molecule has 9 nitrogen and oxygen atoms in total. The van der Waals surface area contributed by atoms with Gasteiger partial charge in [-0.1, -0.05) is 15.9 Å². The van der Waals surface area contributed by atoms with Crippen molar-refractivity contribution in [2.75, 3.05) is 49.1 Å². The largest absolute Gasteiger partial charge is 0.442 e. The number of nitrogens with one attached hydrogen (secondary N) is 1. The number of amides is 3. The molecule has 37 heavy (non-hydrogen) atoms. The minimum atomic E-state index is -0.596. The van der Waals surface area contributed by atoms with E-state index in [0.717, 1.165) is 4.47 Å². The zero-order chi connectivity index (χ0) is 26.5. The van der Waals surface area contributed by atoms with Gasteiger partial charge in [-0.15, -0.1) is 0 Å². The van der Waals surface area contributed by atoms with E-state index in [4.69, 9.17) is 4.74 Å². The fraction of sp³-hybridized carbons (Fsp3) is 0.308. The molecule has 2 fully saturated rings. The number of nitrogens with zero attached hydrogens (tertiary/aromatic N) is 3. The van der Waals surface area contributed by atoms with Crippen LogP contribution in [0, 0.1) is 5.82 Å². The Hall–Kier alpha value is -3.73. The first-order valence-corrected chi connectivity index (χ1v) is 12.5. The highest BCUT2D eigenvalue weighted by Crippen LogP contribution is 2.28. The summed E-state index contributed by atoms with van der Waals surface area (Å²) in [6.07, 6.45) is 1.43. The van der Waals surface area contributed by atoms with Gasteiger partial charge in [-0.2, -0.15) is 0 Å². The number of piperazine rings is 1. The molecule has 2 heterocycles. The van der Waals surface area contributed by atoms with E-state index in [9.17, 15) is 19.2 Å². The number of cyclic esters (lactones) is 1. The zero-order valence-electron chi connectivity index (χ0n) is 20.2. The van der Waals surface area contributed by atoms with E-state index in [0.29, 0.717) is 43.1 Å².